The molecule has 0 saturated carbocycles. The van der Waals surface area contributed by atoms with Crippen LogP contribution in [0.5, 0.6) is 0 Å². The highest BCUT2D eigenvalue weighted by Crippen LogP contribution is 2.03. The van der Waals surface area contributed by atoms with E-state index in [1.54, 1.807) is 31.2 Å². The first-order valence-electron chi connectivity index (χ1n) is 5.31. The fourth-order valence-corrected chi connectivity index (χ4v) is 1.16. The lowest BCUT2D eigenvalue weighted by Crippen LogP contribution is -1.90. The Labute approximate surface area is 102 Å². The third-order valence-corrected chi connectivity index (χ3v) is 2.05. The standard InChI is InChI=1S/C16H14O/c1-3-4-5-6-7-8-9-15-10-12-16(13-11-15)14(2)17/h3-7,10-13H,1H2,2H3/b5-4-,7-6+. The van der Waals surface area contributed by atoms with E-state index in [2.05, 4.69) is 18.4 Å². The van der Waals surface area contributed by atoms with Crippen LogP contribution in [-0.4, -0.2) is 5.78 Å². The van der Waals surface area contributed by atoms with Crippen molar-refractivity contribution in [1.82, 2.24) is 0 Å². The average molecular weight is 222 g/mol. The second-order valence-electron chi connectivity index (χ2n) is 3.38. The van der Waals surface area contributed by atoms with Gasteiger partial charge in [-0.15, -0.1) is 0 Å². The minimum atomic E-state index is 0.0685. The smallest absolute Gasteiger partial charge is 0.159 e. The van der Waals surface area contributed by atoms with E-state index in [1.165, 1.54) is 0 Å². The van der Waals surface area contributed by atoms with Gasteiger partial charge >= 0.3 is 0 Å². The van der Waals surface area contributed by atoms with Crippen LogP contribution in [0.15, 0.2) is 61.2 Å². The number of hydrogen-bond acceptors (Lipinski definition) is 1. The van der Waals surface area contributed by atoms with E-state index >= 15 is 0 Å². The summed E-state index contributed by atoms with van der Waals surface area (Å²) < 4.78 is 0. The largest absolute Gasteiger partial charge is 0.295 e. The maximum atomic E-state index is 11.1. The van der Waals surface area contributed by atoms with Gasteiger partial charge in [0.2, 0.25) is 0 Å². The first-order valence-corrected chi connectivity index (χ1v) is 5.31. The lowest BCUT2D eigenvalue weighted by molar-refractivity contribution is 0.101. The molecule has 0 heterocycles. The molecular formula is C16H14O. The van der Waals surface area contributed by atoms with Crippen LogP contribution in [0.25, 0.3) is 0 Å². The predicted octanol–water partition coefficient (Wildman–Crippen LogP) is 3.54. The third kappa shape index (κ3) is 4.81. The van der Waals surface area contributed by atoms with E-state index in [9.17, 15) is 4.79 Å². The van der Waals surface area contributed by atoms with Crippen LogP contribution in [0.1, 0.15) is 22.8 Å². The molecule has 1 aromatic rings. The highest BCUT2D eigenvalue weighted by atomic mass is 16.1. The highest BCUT2D eigenvalue weighted by molar-refractivity contribution is 5.94. The summed E-state index contributed by atoms with van der Waals surface area (Å²) in [7, 11) is 0. The van der Waals surface area contributed by atoms with Crippen LogP contribution in [0.3, 0.4) is 0 Å². The Kier molecular flexibility index (Phi) is 5.27. The van der Waals surface area contributed by atoms with Crippen molar-refractivity contribution in [2.45, 2.75) is 6.92 Å². The van der Waals surface area contributed by atoms with Crippen molar-refractivity contribution in [1.29, 1.82) is 0 Å². The molecule has 1 nitrogen and oxygen atoms in total. The van der Waals surface area contributed by atoms with Crippen molar-refractivity contribution in [2.24, 2.45) is 0 Å². The van der Waals surface area contributed by atoms with Crippen LogP contribution in [0, 0.1) is 11.8 Å². The minimum Gasteiger partial charge on any atom is -0.295 e. The molecule has 0 bridgehead atoms. The number of allylic oxidation sites excluding steroid dienone is 5. The van der Waals surface area contributed by atoms with Crippen molar-refractivity contribution in [3.8, 4) is 11.8 Å². The van der Waals surface area contributed by atoms with Crippen LogP contribution in [-0.2, 0) is 0 Å². The summed E-state index contributed by atoms with van der Waals surface area (Å²) in [5, 5.41) is 0. The SMILES string of the molecule is C=C/C=C\C=C\C#Cc1ccc(C(C)=O)cc1. The number of ketones is 1. The van der Waals surface area contributed by atoms with Gasteiger partial charge in [0.25, 0.3) is 0 Å². The molecule has 0 aliphatic rings. The molecule has 84 valence electrons. The first-order chi connectivity index (χ1) is 8.24. The molecule has 0 spiro atoms. The van der Waals surface area contributed by atoms with Gasteiger partial charge in [0.15, 0.2) is 5.78 Å². The number of hydrogen-bond donors (Lipinski definition) is 0. The Morgan fingerprint density at radius 2 is 1.88 bits per heavy atom. The Balaban J connectivity index is 2.66. The Hall–Kier alpha value is -2.33. The number of Topliss-reactive ketones (excluding diaryl/α,β-unsaturated/α-hetero) is 1. The number of benzene rings is 1. The second-order valence-corrected chi connectivity index (χ2v) is 3.38. The molecule has 0 atom stereocenters. The zero-order valence-electron chi connectivity index (χ0n) is 9.81. The third-order valence-electron chi connectivity index (χ3n) is 2.05. The van der Waals surface area contributed by atoms with E-state index in [-0.39, 0.29) is 5.78 Å². The highest BCUT2D eigenvalue weighted by Gasteiger charge is 1.96. The molecule has 0 aliphatic heterocycles. The van der Waals surface area contributed by atoms with Crippen molar-refractivity contribution < 1.29 is 4.79 Å². The zero-order chi connectivity index (χ0) is 12.5. The average Bonchev–Trinajstić information content (AvgIpc) is 2.34. The first kappa shape index (κ1) is 12.7. The Bertz CT molecular complexity index is 505. The van der Waals surface area contributed by atoms with Gasteiger partial charge in [0, 0.05) is 11.1 Å². The molecule has 0 amide bonds. The molecule has 0 unspecified atom stereocenters. The molecule has 0 radical (unpaired) electrons. The second kappa shape index (κ2) is 7.03. The van der Waals surface area contributed by atoms with Crippen molar-refractivity contribution >= 4 is 5.78 Å². The predicted molar refractivity (Wildman–Crippen MR) is 71.8 cm³/mol. The normalized spacial score (nSPS) is 10.2. The number of rotatable bonds is 3. The zero-order valence-corrected chi connectivity index (χ0v) is 9.81. The Morgan fingerprint density at radius 1 is 1.18 bits per heavy atom. The van der Waals surface area contributed by atoms with E-state index in [0.29, 0.717) is 5.56 Å². The lowest BCUT2D eigenvalue weighted by Gasteiger charge is -1.94. The van der Waals surface area contributed by atoms with E-state index in [1.807, 2.05) is 30.4 Å². The summed E-state index contributed by atoms with van der Waals surface area (Å²) in [5.74, 6) is 5.96. The molecule has 0 aliphatic carbocycles. The van der Waals surface area contributed by atoms with Crippen LogP contribution in [0.4, 0.5) is 0 Å². The van der Waals surface area contributed by atoms with Crippen LogP contribution < -0.4 is 0 Å². The summed E-state index contributed by atoms with van der Waals surface area (Å²) in [6.45, 7) is 5.12. The molecule has 0 aromatic heterocycles. The number of carbonyl (C=O) groups is 1. The van der Waals surface area contributed by atoms with E-state index in [4.69, 9.17) is 0 Å². The molecule has 1 heteroatoms. The van der Waals surface area contributed by atoms with Gasteiger partial charge in [-0.1, -0.05) is 54.9 Å². The minimum absolute atomic E-state index is 0.0685. The van der Waals surface area contributed by atoms with Crippen LogP contribution in [0.2, 0.25) is 0 Å². The van der Waals surface area contributed by atoms with Gasteiger partial charge in [0.1, 0.15) is 0 Å². The maximum Gasteiger partial charge on any atom is 0.159 e. The van der Waals surface area contributed by atoms with Crippen molar-refractivity contribution in [3.63, 3.8) is 0 Å². The van der Waals surface area contributed by atoms with Gasteiger partial charge in [-0.25, -0.2) is 0 Å². The quantitative estimate of drug-likeness (QED) is 0.434. The van der Waals surface area contributed by atoms with Gasteiger partial charge in [-0.05, 0) is 25.1 Å². The van der Waals surface area contributed by atoms with Crippen LogP contribution >= 0.6 is 0 Å². The molecular weight excluding hydrogens is 208 g/mol. The summed E-state index contributed by atoms with van der Waals surface area (Å²) in [6, 6.07) is 7.26. The summed E-state index contributed by atoms with van der Waals surface area (Å²) in [5.41, 5.74) is 1.60. The fourth-order valence-electron chi connectivity index (χ4n) is 1.16. The van der Waals surface area contributed by atoms with Gasteiger partial charge in [-0.2, -0.15) is 0 Å². The molecule has 1 aromatic carbocycles. The molecule has 1 rings (SSSR count). The van der Waals surface area contributed by atoms with E-state index < -0.39 is 0 Å². The van der Waals surface area contributed by atoms with Crippen molar-refractivity contribution in [2.75, 3.05) is 0 Å². The van der Waals surface area contributed by atoms with Gasteiger partial charge in [-0.3, -0.25) is 4.79 Å². The Morgan fingerprint density at radius 3 is 2.47 bits per heavy atom. The molecule has 0 saturated heterocycles. The van der Waals surface area contributed by atoms with Crippen molar-refractivity contribution in [3.05, 3.63) is 72.4 Å². The molecule has 0 fully saturated rings. The monoisotopic (exact) mass is 222 g/mol. The van der Waals surface area contributed by atoms with Gasteiger partial charge < -0.3 is 0 Å². The molecule has 17 heavy (non-hydrogen) atoms. The molecule has 0 N–H and O–H groups in total. The summed E-state index contributed by atoms with van der Waals surface area (Å²) >= 11 is 0. The topological polar surface area (TPSA) is 17.1 Å². The fraction of sp³-hybridized carbons (Fsp3) is 0.0625. The number of carbonyl (C=O) groups excluding carboxylic acids is 1. The summed E-state index contributed by atoms with van der Waals surface area (Å²) in [6.07, 6.45) is 9.01. The lowest BCUT2D eigenvalue weighted by atomic mass is 10.1. The maximum absolute atomic E-state index is 11.1. The summed E-state index contributed by atoms with van der Waals surface area (Å²) in [4.78, 5) is 11.1. The van der Waals surface area contributed by atoms with Gasteiger partial charge in [0.05, 0.1) is 0 Å². The van der Waals surface area contributed by atoms with E-state index in [0.717, 1.165) is 5.56 Å².